The van der Waals surface area contributed by atoms with E-state index in [4.69, 9.17) is 0 Å². The molecule has 2 aliphatic rings. The van der Waals surface area contributed by atoms with Crippen LogP contribution in [0.2, 0.25) is 0 Å². The van der Waals surface area contributed by atoms with Gasteiger partial charge in [-0.05, 0) is 37.6 Å². The maximum absolute atomic E-state index is 12.3. The SMILES string of the molecule is C[C@@]1(NC(=O)CSc2nnc(-c3cccs3)n2C2CC2)CCS(=O)(=O)C1. The van der Waals surface area contributed by atoms with Crippen molar-refractivity contribution in [3.05, 3.63) is 17.5 Å². The normalized spacial score (nSPS) is 24.7. The van der Waals surface area contributed by atoms with Crippen LogP contribution in [0.1, 0.15) is 32.2 Å². The molecule has 0 bridgehead atoms. The Morgan fingerprint density at radius 3 is 2.88 bits per heavy atom. The zero-order valence-electron chi connectivity index (χ0n) is 14.3. The van der Waals surface area contributed by atoms with Gasteiger partial charge in [-0.2, -0.15) is 0 Å². The summed E-state index contributed by atoms with van der Waals surface area (Å²) in [5, 5.41) is 14.3. The predicted octanol–water partition coefficient (Wildman–Crippen LogP) is 2.13. The summed E-state index contributed by atoms with van der Waals surface area (Å²) in [6.45, 7) is 1.79. The number of aromatic nitrogens is 3. The van der Waals surface area contributed by atoms with Crippen molar-refractivity contribution >= 4 is 38.8 Å². The number of rotatable bonds is 6. The van der Waals surface area contributed by atoms with Crippen LogP contribution >= 0.6 is 23.1 Å². The zero-order valence-corrected chi connectivity index (χ0v) is 16.8. The lowest BCUT2D eigenvalue weighted by molar-refractivity contribution is -0.120. The summed E-state index contributed by atoms with van der Waals surface area (Å²) in [5.74, 6) is 1.04. The van der Waals surface area contributed by atoms with Gasteiger partial charge in [-0.1, -0.05) is 17.8 Å². The van der Waals surface area contributed by atoms with E-state index in [-0.39, 0.29) is 23.2 Å². The Morgan fingerprint density at radius 2 is 2.27 bits per heavy atom. The van der Waals surface area contributed by atoms with Gasteiger partial charge in [-0.3, -0.25) is 9.36 Å². The Balaban J connectivity index is 1.43. The standard InChI is InChI=1S/C16H20N4O3S3/c1-16(6-8-26(22,23)10-16)17-13(21)9-25-15-19-18-14(12-3-2-7-24-12)20(15)11-4-5-11/h2-3,7,11H,4-6,8-10H2,1H3,(H,17,21)/t16-/m1/s1. The van der Waals surface area contributed by atoms with Crippen LogP contribution in [0.15, 0.2) is 22.7 Å². The Morgan fingerprint density at radius 1 is 1.46 bits per heavy atom. The van der Waals surface area contributed by atoms with E-state index in [0.717, 1.165) is 28.7 Å². The summed E-state index contributed by atoms with van der Waals surface area (Å²) < 4.78 is 25.5. The molecular formula is C16H20N4O3S3. The molecule has 1 aliphatic heterocycles. The van der Waals surface area contributed by atoms with Crippen LogP contribution in [-0.4, -0.2) is 51.9 Å². The number of carbonyl (C=O) groups is 1. The lowest BCUT2D eigenvalue weighted by atomic mass is 10.0. The van der Waals surface area contributed by atoms with Gasteiger partial charge in [0.15, 0.2) is 20.8 Å². The van der Waals surface area contributed by atoms with E-state index in [0.29, 0.717) is 12.5 Å². The molecular weight excluding hydrogens is 392 g/mol. The molecule has 0 radical (unpaired) electrons. The van der Waals surface area contributed by atoms with Gasteiger partial charge in [-0.15, -0.1) is 21.5 Å². The van der Waals surface area contributed by atoms with Gasteiger partial charge in [0.05, 0.1) is 27.7 Å². The van der Waals surface area contributed by atoms with Crippen molar-refractivity contribution in [2.75, 3.05) is 17.3 Å². The van der Waals surface area contributed by atoms with Crippen molar-refractivity contribution in [1.29, 1.82) is 0 Å². The fourth-order valence-corrected chi connectivity index (χ4v) is 6.83. The van der Waals surface area contributed by atoms with Gasteiger partial charge >= 0.3 is 0 Å². The number of carbonyl (C=O) groups excluding carboxylic acids is 1. The van der Waals surface area contributed by atoms with Crippen LogP contribution < -0.4 is 5.32 Å². The van der Waals surface area contributed by atoms with Crippen molar-refractivity contribution in [3.8, 4) is 10.7 Å². The number of thioether (sulfide) groups is 1. The molecule has 10 heteroatoms. The third-order valence-electron chi connectivity index (χ3n) is 4.60. The Hall–Kier alpha value is -1.39. The molecule has 2 aromatic heterocycles. The van der Waals surface area contributed by atoms with Crippen molar-refractivity contribution < 1.29 is 13.2 Å². The number of hydrogen-bond acceptors (Lipinski definition) is 7. The van der Waals surface area contributed by atoms with Crippen molar-refractivity contribution in [3.63, 3.8) is 0 Å². The molecule has 2 aromatic rings. The summed E-state index contributed by atoms with van der Waals surface area (Å²) >= 11 is 2.98. The smallest absolute Gasteiger partial charge is 0.230 e. The molecule has 1 saturated carbocycles. The second-order valence-electron chi connectivity index (χ2n) is 7.12. The van der Waals surface area contributed by atoms with Crippen molar-refractivity contribution in [1.82, 2.24) is 20.1 Å². The second kappa shape index (κ2) is 6.65. The maximum Gasteiger partial charge on any atom is 0.230 e. The number of hydrogen-bond donors (Lipinski definition) is 1. The summed E-state index contributed by atoms with van der Waals surface area (Å²) in [4.78, 5) is 13.4. The topological polar surface area (TPSA) is 93.9 Å². The van der Waals surface area contributed by atoms with E-state index < -0.39 is 15.4 Å². The molecule has 1 atom stereocenters. The molecule has 4 rings (SSSR count). The number of amides is 1. The predicted molar refractivity (Wildman–Crippen MR) is 102 cm³/mol. The fraction of sp³-hybridized carbons (Fsp3) is 0.562. The maximum atomic E-state index is 12.3. The Bertz CT molecular complexity index is 919. The lowest BCUT2D eigenvalue weighted by Gasteiger charge is -2.23. The highest BCUT2D eigenvalue weighted by atomic mass is 32.2. The quantitative estimate of drug-likeness (QED) is 0.731. The van der Waals surface area contributed by atoms with E-state index in [1.165, 1.54) is 11.8 Å². The van der Waals surface area contributed by atoms with E-state index in [9.17, 15) is 13.2 Å². The van der Waals surface area contributed by atoms with Crippen LogP contribution in [0, 0.1) is 0 Å². The Kier molecular flexibility index (Phi) is 4.60. The van der Waals surface area contributed by atoms with Crippen LogP contribution in [0.25, 0.3) is 10.7 Å². The number of thiophene rings is 1. The molecule has 1 aliphatic carbocycles. The summed E-state index contributed by atoms with van der Waals surface area (Å²) in [6.07, 6.45) is 2.67. The minimum absolute atomic E-state index is 0.0111. The minimum atomic E-state index is -3.04. The third-order valence-corrected chi connectivity index (χ3v) is 8.31. The van der Waals surface area contributed by atoms with Gasteiger partial charge in [0, 0.05) is 6.04 Å². The van der Waals surface area contributed by atoms with Crippen LogP contribution in [0.4, 0.5) is 0 Å². The number of nitrogens with one attached hydrogen (secondary N) is 1. The molecule has 1 N–H and O–H groups in total. The number of sulfone groups is 1. The largest absolute Gasteiger partial charge is 0.349 e. The molecule has 1 amide bonds. The molecule has 1 saturated heterocycles. The monoisotopic (exact) mass is 412 g/mol. The number of nitrogens with zero attached hydrogens (tertiary/aromatic N) is 3. The van der Waals surface area contributed by atoms with Crippen molar-refractivity contribution in [2.24, 2.45) is 0 Å². The highest BCUT2D eigenvalue weighted by Crippen LogP contribution is 2.41. The van der Waals surface area contributed by atoms with Gasteiger partial charge in [-0.25, -0.2) is 8.42 Å². The average molecular weight is 413 g/mol. The zero-order chi connectivity index (χ0) is 18.4. The van der Waals surface area contributed by atoms with Crippen LogP contribution in [0.3, 0.4) is 0 Å². The molecule has 0 spiro atoms. The molecule has 3 heterocycles. The summed E-state index contributed by atoms with van der Waals surface area (Å²) in [5.41, 5.74) is -0.664. The van der Waals surface area contributed by atoms with Gasteiger partial charge in [0.2, 0.25) is 5.91 Å². The van der Waals surface area contributed by atoms with E-state index in [2.05, 4.69) is 20.1 Å². The third kappa shape index (κ3) is 3.81. The molecule has 0 aromatic carbocycles. The van der Waals surface area contributed by atoms with Crippen LogP contribution in [-0.2, 0) is 14.6 Å². The second-order valence-corrected chi connectivity index (χ2v) is 11.2. The first-order valence-electron chi connectivity index (χ1n) is 8.48. The molecule has 0 unspecified atom stereocenters. The van der Waals surface area contributed by atoms with Crippen molar-refractivity contribution in [2.45, 2.75) is 42.9 Å². The van der Waals surface area contributed by atoms with Crippen LogP contribution in [0.5, 0.6) is 0 Å². The first kappa shape index (κ1) is 18.0. The van der Waals surface area contributed by atoms with E-state index >= 15 is 0 Å². The first-order valence-corrected chi connectivity index (χ1v) is 12.2. The minimum Gasteiger partial charge on any atom is -0.349 e. The van der Waals surface area contributed by atoms with Gasteiger partial charge in [0.1, 0.15) is 0 Å². The van der Waals surface area contributed by atoms with Gasteiger partial charge < -0.3 is 5.32 Å². The Labute approximate surface area is 160 Å². The average Bonchev–Trinajstić information content (AvgIpc) is 2.99. The highest BCUT2D eigenvalue weighted by Gasteiger charge is 2.39. The first-order chi connectivity index (χ1) is 12.4. The van der Waals surface area contributed by atoms with E-state index in [1.54, 1.807) is 18.3 Å². The summed E-state index contributed by atoms with van der Waals surface area (Å²) in [7, 11) is -3.04. The summed E-state index contributed by atoms with van der Waals surface area (Å²) in [6, 6.07) is 4.42. The highest BCUT2D eigenvalue weighted by molar-refractivity contribution is 7.99. The fourth-order valence-electron chi connectivity index (χ4n) is 3.22. The van der Waals surface area contributed by atoms with Gasteiger partial charge in [0.25, 0.3) is 0 Å². The van der Waals surface area contributed by atoms with E-state index in [1.807, 2.05) is 17.5 Å². The molecule has 26 heavy (non-hydrogen) atoms. The lowest BCUT2D eigenvalue weighted by Crippen LogP contribution is -2.47. The molecule has 2 fully saturated rings. The molecule has 140 valence electrons. The molecule has 7 nitrogen and oxygen atoms in total.